The van der Waals surface area contributed by atoms with E-state index in [0.717, 1.165) is 4.48 Å². The van der Waals surface area contributed by atoms with Crippen LogP contribution >= 0.6 is 0 Å². The second-order valence-electron chi connectivity index (χ2n) is 3.66. The first-order chi connectivity index (χ1) is 3.95. The lowest BCUT2D eigenvalue weighted by Crippen LogP contribution is -2.44. The van der Waals surface area contributed by atoms with E-state index in [9.17, 15) is 0 Å². The lowest BCUT2D eigenvalue weighted by atomic mass is 10.3. The molecular weight excluding hydrogens is 112 g/mol. The van der Waals surface area contributed by atoms with Crippen LogP contribution in [-0.2, 0) is 0 Å². The monoisotopic (exact) mass is 131 g/mol. The molecule has 0 saturated carbocycles. The predicted molar refractivity (Wildman–Crippen MR) is 41.4 cm³/mol. The molecule has 0 amide bonds. The van der Waals surface area contributed by atoms with Gasteiger partial charge in [-0.05, 0) is 14.0 Å². The van der Waals surface area contributed by atoms with E-state index in [-0.39, 0.29) is 0 Å². The topological polar surface area (TPSA) is 12.0 Å². The molecule has 0 fully saturated rings. The van der Waals surface area contributed by atoms with E-state index in [4.69, 9.17) is 0 Å². The Morgan fingerprint density at radius 3 is 1.89 bits per heavy atom. The molecule has 0 radical (unpaired) electrons. The molecule has 2 nitrogen and oxygen atoms in total. The van der Waals surface area contributed by atoms with E-state index in [1.165, 1.54) is 6.54 Å². The van der Waals surface area contributed by atoms with Gasteiger partial charge >= 0.3 is 0 Å². The number of hydrogen-bond donors (Lipinski definition) is 1. The first kappa shape index (κ1) is 8.92. The SMILES string of the molecule is CNC(C)C[N+](C)(C)C. The minimum absolute atomic E-state index is 0.616. The Labute approximate surface area is 58.4 Å². The Bertz CT molecular complexity index is 73.5. The number of rotatable bonds is 3. The van der Waals surface area contributed by atoms with E-state index in [1.807, 2.05) is 7.05 Å². The maximum absolute atomic E-state index is 3.21. The molecule has 9 heavy (non-hydrogen) atoms. The lowest BCUT2D eigenvalue weighted by molar-refractivity contribution is -0.871. The fraction of sp³-hybridized carbons (Fsp3) is 1.00. The predicted octanol–water partition coefficient (Wildman–Crippen LogP) is 0.301. The van der Waals surface area contributed by atoms with Crippen molar-refractivity contribution in [2.75, 3.05) is 34.7 Å². The summed E-state index contributed by atoms with van der Waals surface area (Å²) >= 11 is 0. The summed E-state index contributed by atoms with van der Waals surface area (Å²) in [5.74, 6) is 0. The second-order valence-corrected chi connectivity index (χ2v) is 3.66. The average molecular weight is 131 g/mol. The molecule has 0 aromatic rings. The van der Waals surface area contributed by atoms with Crippen LogP contribution in [0.3, 0.4) is 0 Å². The van der Waals surface area contributed by atoms with E-state index in [0.29, 0.717) is 6.04 Å². The fourth-order valence-electron chi connectivity index (χ4n) is 0.913. The largest absolute Gasteiger partial charge is 0.330 e. The highest BCUT2D eigenvalue weighted by Crippen LogP contribution is 1.92. The molecule has 0 aliphatic carbocycles. The first-order valence-electron chi connectivity index (χ1n) is 3.43. The van der Waals surface area contributed by atoms with Gasteiger partial charge in [0.1, 0.15) is 0 Å². The van der Waals surface area contributed by atoms with Gasteiger partial charge < -0.3 is 9.80 Å². The number of likely N-dealkylation sites (N-methyl/N-ethyl adjacent to an activating group) is 2. The van der Waals surface area contributed by atoms with Gasteiger partial charge in [-0.3, -0.25) is 0 Å². The molecule has 1 N–H and O–H groups in total. The summed E-state index contributed by atoms with van der Waals surface area (Å²) in [7, 11) is 8.61. The molecule has 56 valence electrons. The summed E-state index contributed by atoms with van der Waals surface area (Å²) in [5, 5.41) is 3.21. The lowest BCUT2D eigenvalue weighted by Gasteiger charge is -2.27. The van der Waals surface area contributed by atoms with Crippen LogP contribution in [0.5, 0.6) is 0 Å². The number of quaternary nitrogens is 1. The summed E-state index contributed by atoms with van der Waals surface area (Å²) in [5.41, 5.74) is 0. The summed E-state index contributed by atoms with van der Waals surface area (Å²) in [6.07, 6.45) is 0. The Kier molecular flexibility index (Phi) is 3.15. The van der Waals surface area contributed by atoms with Crippen LogP contribution in [0.2, 0.25) is 0 Å². The van der Waals surface area contributed by atoms with Crippen LogP contribution in [0, 0.1) is 0 Å². The van der Waals surface area contributed by atoms with Crippen molar-refractivity contribution in [3.05, 3.63) is 0 Å². The van der Waals surface area contributed by atoms with Crippen molar-refractivity contribution in [2.24, 2.45) is 0 Å². The molecule has 0 heterocycles. The normalized spacial score (nSPS) is 15.7. The third-order valence-electron chi connectivity index (χ3n) is 1.31. The zero-order valence-corrected chi connectivity index (χ0v) is 7.23. The smallest absolute Gasteiger partial charge is 0.0933 e. The van der Waals surface area contributed by atoms with Crippen molar-refractivity contribution >= 4 is 0 Å². The van der Waals surface area contributed by atoms with Gasteiger partial charge in [-0.1, -0.05) is 0 Å². The number of nitrogens with zero attached hydrogens (tertiary/aromatic N) is 1. The summed E-state index contributed by atoms with van der Waals surface area (Å²) in [6.45, 7) is 3.38. The van der Waals surface area contributed by atoms with Gasteiger partial charge in [0.15, 0.2) is 0 Å². The standard InChI is InChI=1S/C7H19N2/c1-7(8-2)6-9(3,4)5/h7-8H,6H2,1-5H3/q+1. The molecule has 0 rings (SSSR count). The number of hydrogen-bond acceptors (Lipinski definition) is 1. The summed E-state index contributed by atoms with van der Waals surface area (Å²) < 4.78 is 1.03. The van der Waals surface area contributed by atoms with Crippen molar-refractivity contribution in [3.8, 4) is 0 Å². The molecule has 0 aromatic heterocycles. The maximum atomic E-state index is 3.21. The third-order valence-corrected chi connectivity index (χ3v) is 1.31. The van der Waals surface area contributed by atoms with Gasteiger partial charge in [0.05, 0.1) is 33.7 Å². The van der Waals surface area contributed by atoms with Crippen LogP contribution < -0.4 is 5.32 Å². The van der Waals surface area contributed by atoms with E-state index >= 15 is 0 Å². The quantitative estimate of drug-likeness (QED) is 0.543. The van der Waals surface area contributed by atoms with Crippen molar-refractivity contribution < 1.29 is 4.48 Å². The molecule has 0 bridgehead atoms. The third kappa shape index (κ3) is 5.80. The van der Waals surface area contributed by atoms with Crippen molar-refractivity contribution in [1.82, 2.24) is 5.32 Å². The maximum Gasteiger partial charge on any atom is 0.0933 e. The molecule has 2 heteroatoms. The molecule has 1 unspecified atom stereocenters. The number of nitrogens with one attached hydrogen (secondary N) is 1. The minimum atomic E-state index is 0.616. The first-order valence-corrected chi connectivity index (χ1v) is 3.43. The minimum Gasteiger partial charge on any atom is -0.330 e. The summed E-state index contributed by atoms with van der Waals surface area (Å²) in [4.78, 5) is 0. The highest BCUT2D eigenvalue weighted by Gasteiger charge is 2.10. The highest BCUT2D eigenvalue weighted by molar-refractivity contribution is 4.52. The molecule has 0 aromatic carbocycles. The molecule has 0 spiro atoms. The zero-order chi connectivity index (χ0) is 7.49. The van der Waals surface area contributed by atoms with Crippen molar-refractivity contribution in [1.29, 1.82) is 0 Å². The molecule has 0 saturated heterocycles. The van der Waals surface area contributed by atoms with E-state index in [1.54, 1.807) is 0 Å². The summed E-state index contributed by atoms with van der Waals surface area (Å²) in [6, 6.07) is 0.616. The average Bonchev–Trinajstić information content (AvgIpc) is 1.62. The van der Waals surface area contributed by atoms with Gasteiger partial charge in [0.2, 0.25) is 0 Å². The Balaban J connectivity index is 3.47. The molecule has 0 aliphatic heterocycles. The van der Waals surface area contributed by atoms with Gasteiger partial charge in [-0.25, -0.2) is 0 Å². The van der Waals surface area contributed by atoms with Crippen molar-refractivity contribution in [2.45, 2.75) is 13.0 Å². The Morgan fingerprint density at radius 1 is 1.33 bits per heavy atom. The fourth-order valence-corrected chi connectivity index (χ4v) is 0.913. The van der Waals surface area contributed by atoms with E-state index < -0.39 is 0 Å². The molecule has 1 atom stereocenters. The Hall–Kier alpha value is -0.0800. The van der Waals surface area contributed by atoms with Crippen LogP contribution in [0.1, 0.15) is 6.92 Å². The van der Waals surface area contributed by atoms with Gasteiger partial charge in [0.25, 0.3) is 0 Å². The van der Waals surface area contributed by atoms with Gasteiger partial charge in [-0.15, -0.1) is 0 Å². The van der Waals surface area contributed by atoms with E-state index in [2.05, 4.69) is 33.4 Å². The van der Waals surface area contributed by atoms with Crippen LogP contribution in [-0.4, -0.2) is 45.3 Å². The van der Waals surface area contributed by atoms with Crippen LogP contribution in [0.4, 0.5) is 0 Å². The molecular formula is C7H19N2+. The van der Waals surface area contributed by atoms with Gasteiger partial charge in [-0.2, -0.15) is 0 Å². The Morgan fingerprint density at radius 2 is 1.78 bits per heavy atom. The second kappa shape index (κ2) is 3.18. The van der Waals surface area contributed by atoms with Crippen LogP contribution in [0.25, 0.3) is 0 Å². The van der Waals surface area contributed by atoms with Gasteiger partial charge in [0, 0.05) is 0 Å². The molecule has 0 aliphatic rings. The van der Waals surface area contributed by atoms with Crippen LogP contribution in [0.15, 0.2) is 0 Å². The highest BCUT2D eigenvalue weighted by atomic mass is 15.3. The zero-order valence-electron chi connectivity index (χ0n) is 7.23. The van der Waals surface area contributed by atoms with Crippen molar-refractivity contribution in [3.63, 3.8) is 0 Å².